The van der Waals surface area contributed by atoms with Gasteiger partial charge in [0.25, 0.3) is 0 Å². The summed E-state index contributed by atoms with van der Waals surface area (Å²) in [6, 6.07) is 16.2. The lowest BCUT2D eigenvalue weighted by atomic mass is 10.0. The fraction of sp³-hybridized carbons (Fsp3) is 0.222. The number of nitrogens with one attached hydrogen (secondary N) is 1. The van der Waals surface area contributed by atoms with Crippen LogP contribution in [0.5, 0.6) is 0 Å². The Bertz CT molecular complexity index is 690. The van der Waals surface area contributed by atoms with Crippen LogP contribution in [0.25, 0.3) is 0 Å². The summed E-state index contributed by atoms with van der Waals surface area (Å²) >= 11 is 3.38. The molecule has 0 saturated heterocycles. The molecule has 0 heterocycles. The maximum Gasteiger partial charge on any atom is 0.407 e. The number of hydrogen-bond acceptors (Lipinski definition) is 4. The van der Waals surface area contributed by atoms with E-state index in [2.05, 4.69) is 21.2 Å². The second kappa shape index (κ2) is 9.08. The van der Waals surface area contributed by atoms with Gasteiger partial charge in [0.05, 0.1) is 19.6 Å². The monoisotopic (exact) mass is 391 g/mol. The highest BCUT2D eigenvalue weighted by Crippen LogP contribution is 2.21. The molecule has 5 nitrogen and oxygen atoms in total. The molecule has 0 aliphatic rings. The van der Waals surface area contributed by atoms with Gasteiger partial charge in [-0.1, -0.05) is 58.4 Å². The van der Waals surface area contributed by atoms with Crippen LogP contribution >= 0.6 is 15.9 Å². The molecule has 0 fully saturated rings. The molecule has 0 aromatic heterocycles. The maximum atomic E-state index is 12.1. The third-order valence-corrected chi connectivity index (χ3v) is 3.85. The van der Waals surface area contributed by atoms with Crippen LogP contribution < -0.4 is 5.32 Å². The van der Waals surface area contributed by atoms with E-state index in [4.69, 9.17) is 9.47 Å². The second-order valence-corrected chi connectivity index (χ2v) is 6.01. The van der Waals surface area contributed by atoms with Crippen molar-refractivity contribution in [2.24, 2.45) is 0 Å². The molecular weight excluding hydrogens is 374 g/mol. The molecule has 0 aliphatic carbocycles. The minimum atomic E-state index is -0.590. The van der Waals surface area contributed by atoms with Crippen molar-refractivity contribution in [3.63, 3.8) is 0 Å². The molecule has 0 saturated carbocycles. The Kier molecular flexibility index (Phi) is 6.81. The predicted molar refractivity (Wildman–Crippen MR) is 93.3 cm³/mol. The zero-order valence-corrected chi connectivity index (χ0v) is 14.8. The van der Waals surface area contributed by atoms with E-state index in [1.54, 1.807) is 0 Å². The van der Waals surface area contributed by atoms with E-state index in [0.717, 1.165) is 15.6 Å². The molecule has 6 heteroatoms. The van der Waals surface area contributed by atoms with Gasteiger partial charge in [-0.2, -0.15) is 0 Å². The van der Waals surface area contributed by atoms with Crippen LogP contribution in [0.1, 0.15) is 23.6 Å². The molecule has 0 bridgehead atoms. The minimum absolute atomic E-state index is 0.0212. The second-order valence-electron chi connectivity index (χ2n) is 5.09. The molecule has 1 N–H and O–H groups in total. The molecule has 0 aliphatic heterocycles. The zero-order chi connectivity index (χ0) is 17.4. The van der Waals surface area contributed by atoms with Gasteiger partial charge in [-0.15, -0.1) is 0 Å². The molecule has 0 radical (unpaired) electrons. The SMILES string of the molecule is COC(=O)C[C@H](NC(=O)OCc1ccccc1)c1cccc(Br)c1. The van der Waals surface area contributed by atoms with Crippen LogP contribution in [-0.4, -0.2) is 19.2 Å². The summed E-state index contributed by atoms with van der Waals surface area (Å²) in [4.78, 5) is 23.7. The number of methoxy groups -OCH3 is 1. The summed E-state index contributed by atoms with van der Waals surface area (Å²) < 4.78 is 10.8. The van der Waals surface area contributed by atoms with Crippen molar-refractivity contribution in [3.05, 3.63) is 70.2 Å². The lowest BCUT2D eigenvalue weighted by Crippen LogP contribution is -2.31. The Morgan fingerprint density at radius 3 is 2.54 bits per heavy atom. The number of hydrogen-bond donors (Lipinski definition) is 1. The number of benzene rings is 2. The van der Waals surface area contributed by atoms with E-state index < -0.39 is 18.1 Å². The highest BCUT2D eigenvalue weighted by atomic mass is 79.9. The summed E-state index contributed by atoms with van der Waals surface area (Å²) in [6.07, 6.45) is -0.569. The first-order chi connectivity index (χ1) is 11.6. The Balaban J connectivity index is 2.01. The summed E-state index contributed by atoms with van der Waals surface area (Å²) in [5.41, 5.74) is 1.67. The first kappa shape index (κ1) is 18.0. The van der Waals surface area contributed by atoms with Crippen LogP contribution in [0.15, 0.2) is 59.1 Å². The number of carbonyl (C=O) groups excluding carboxylic acids is 2. The fourth-order valence-corrected chi connectivity index (χ4v) is 2.55. The van der Waals surface area contributed by atoms with Gasteiger partial charge in [0.15, 0.2) is 0 Å². The predicted octanol–water partition coefficient (Wildman–Crippen LogP) is 3.98. The Morgan fingerprint density at radius 2 is 1.88 bits per heavy atom. The molecule has 1 amide bonds. The molecule has 126 valence electrons. The first-order valence-corrected chi connectivity index (χ1v) is 8.17. The minimum Gasteiger partial charge on any atom is -0.469 e. The maximum absolute atomic E-state index is 12.1. The molecule has 0 unspecified atom stereocenters. The first-order valence-electron chi connectivity index (χ1n) is 7.38. The van der Waals surface area contributed by atoms with Crippen molar-refractivity contribution in [3.8, 4) is 0 Å². The summed E-state index contributed by atoms with van der Waals surface area (Å²) in [5, 5.41) is 2.71. The van der Waals surface area contributed by atoms with Crippen LogP contribution in [0.2, 0.25) is 0 Å². The van der Waals surface area contributed by atoms with Gasteiger partial charge in [0.2, 0.25) is 0 Å². The van der Waals surface area contributed by atoms with Gasteiger partial charge < -0.3 is 14.8 Å². The topological polar surface area (TPSA) is 64.6 Å². The number of alkyl carbamates (subject to hydrolysis) is 1. The lowest BCUT2D eigenvalue weighted by molar-refractivity contribution is -0.141. The van der Waals surface area contributed by atoms with E-state index in [-0.39, 0.29) is 13.0 Å². The smallest absolute Gasteiger partial charge is 0.407 e. The van der Waals surface area contributed by atoms with E-state index in [9.17, 15) is 9.59 Å². The lowest BCUT2D eigenvalue weighted by Gasteiger charge is -2.18. The normalized spacial score (nSPS) is 11.4. The third-order valence-electron chi connectivity index (χ3n) is 3.35. The molecular formula is C18H18BrNO4. The molecule has 2 aromatic carbocycles. The van der Waals surface area contributed by atoms with Gasteiger partial charge in [-0.25, -0.2) is 4.79 Å². The Hall–Kier alpha value is -2.34. The van der Waals surface area contributed by atoms with Gasteiger partial charge in [0, 0.05) is 4.47 Å². The zero-order valence-electron chi connectivity index (χ0n) is 13.2. The highest BCUT2D eigenvalue weighted by Gasteiger charge is 2.20. The van der Waals surface area contributed by atoms with Crippen molar-refractivity contribution >= 4 is 28.0 Å². The standard InChI is InChI=1S/C18H18BrNO4/c1-23-17(21)11-16(14-8-5-9-15(19)10-14)20-18(22)24-12-13-6-3-2-4-7-13/h2-10,16H,11-12H2,1H3,(H,20,22)/t16-/m0/s1. The molecule has 1 atom stereocenters. The Labute approximate surface area is 149 Å². The van der Waals surface area contributed by atoms with E-state index in [1.165, 1.54) is 7.11 Å². The quantitative estimate of drug-likeness (QED) is 0.756. The van der Waals surface area contributed by atoms with Crippen LogP contribution in [0, 0.1) is 0 Å². The number of esters is 1. The van der Waals surface area contributed by atoms with Crippen molar-refractivity contribution in [1.82, 2.24) is 5.32 Å². The van der Waals surface area contributed by atoms with E-state index in [1.807, 2.05) is 54.6 Å². The summed E-state index contributed by atoms with van der Waals surface area (Å²) in [7, 11) is 1.31. The van der Waals surface area contributed by atoms with Crippen molar-refractivity contribution in [2.75, 3.05) is 7.11 Å². The average molecular weight is 392 g/mol. The number of ether oxygens (including phenoxy) is 2. The Morgan fingerprint density at radius 1 is 1.12 bits per heavy atom. The van der Waals surface area contributed by atoms with Gasteiger partial charge in [-0.3, -0.25) is 4.79 Å². The van der Waals surface area contributed by atoms with Crippen LogP contribution in [0.4, 0.5) is 4.79 Å². The molecule has 24 heavy (non-hydrogen) atoms. The number of rotatable bonds is 6. The van der Waals surface area contributed by atoms with Crippen molar-refractivity contribution in [2.45, 2.75) is 19.1 Å². The van der Waals surface area contributed by atoms with Gasteiger partial charge in [0.1, 0.15) is 6.61 Å². The molecule has 0 spiro atoms. The van der Waals surface area contributed by atoms with E-state index >= 15 is 0 Å². The molecule has 2 aromatic rings. The largest absolute Gasteiger partial charge is 0.469 e. The number of amides is 1. The average Bonchev–Trinajstić information content (AvgIpc) is 2.60. The summed E-state index contributed by atoms with van der Waals surface area (Å²) in [6.45, 7) is 0.163. The fourth-order valence-electron chi connectivity index (χ4n) is 2.13. The highest BCUT2D eigenvalue weighted by molar-refractivity contribution is 9.10. The van der Waals surface area contributed by atoms with Gasteiger partial charge >= 0.3 is 12.1 Å². The van der Waals surface area contributed by atoms with Crippen molar-refractivity contribution < 1.29 is 19.1 Å². The van der Waals surface area contributed by atoms with E-state index in [0.29, 0.717) is 0 Å². The third kappa shape index (κ3) is 5.70. The number of carbonyl (C=O) groups is 2. The summed E-state index contributed by atoms with van der Waals surface area (Å²) in [5.74, 6) is -0.414. The van der Waals surface area contributed by atoms with Crippen LogP contribution in [-0.2, 0) is 20.9 Å². The van der Waals surface area contributed by atoms with Crippen molar-refractivity contribution in [1.29, 1.82) is 0 Å². The number of halogens is 1. The molecule has 2 rings (SSSR count). The van der Waals surface area contributed by atoms with Gasteiger partial charge in [-0.05, 0) is 23.3 Å². The van der Waals surface area contributed by atoms with Crippen LogP contribution in [0.3, 0.4) is 0 Å².